The number of amides is 2. The van der Waals surface area contributed by atoms with E-state index in [-0.39, 0.29) is 6.03 Å². The van der Waals surface area contributed by atoms with Gasteiger partial charge >= 0.3 is 6.03 Å². The van der Waals surface area contributed by atoms with Gasteiger partial charge in [-0.05, 0) is 18.2 Å². The number of thiophene rings is 1. The minimum atomic E-state index is -0.300. The molecule has 2 amide bonds. The predicted molar refractivity (Wildman–Crippen MR) is 87.6 cm³/mol. The highest BCUT2D eigenvalue weighted by atomic mass is 35.5. The molecular weight excluding hydrogens is 306 g/mol. The second kappa shape index (κ2) is 7.70. The first-order chi connectivity index (χ1) is 10.2. The average Bonchev–Trinajstić information content (AvgIpc) is 2.93. The summed E-state index contributed by atoms with van der Waals surface area (Å²) in [5.41, 5.74) is 6.81. The van der Waals surface area contributed by atoms with Gasteiger partial charge in [-0.25, -0.2) is 4.79 Å². The first-order valence-electron chi connectivity index (χ1n) is 6.25. The first-order valence-corrected chi connectivity index (χ1v) is 7.50. The van der Waals surface area contributed by atoms with Crippen molar-refractivity contribution in [1.82, 2.24) is 5.32 Å². The number of hydrogen-bond acceptors (Lipinski definition) is 3. The Hall–Kier alpha value is -2.00. The van der Waals surface area contributed by atoms with E-state index in [2.05, 4.69) is 22.5 Å². The van der Waals surface area contributed by atoms with E-state index in [0.717, 1.165) is 10.4 Å². The molecule has 4 nitrogen and oxygen atoms in total. The van der Waals surface area contributed by atoms with Gasteiger partial charge in [0.25, 0.3) is 0 Å². The molecule has 0 bridgehead atoms. The smallest absolute Gasteiger partial charge is 0.319 e. The summed E-state index contributed by atoms with van der Waals surface area (Å²) in [6.07, 6.45) is 0. The van der Waals surface area contributed by atoms with Crippen LogP contribution < -0.4 is 16.4 Å². The molecule has 2 aromatic rings. The molecule has 1 heterocycles. The summed E-state index contributed by atoms with van der Waals surface area (Å²) in [7, 11) is 0. The fourth-order valence-electron chi connectivity index (χ4n) is 1.59. The summed E-state index contributed by atoms with van der Waals surface area (Å²) in [5, 5.41) is 7.91. The van der Waals surface area contributed by atoms with Gasteiger partial charge in [-0.2, -0.15) is 0 Å². The van der Waals surface area contributed by atoms with E-state index in [1.165, 1.54) is 11.3 Å². The molecule has 0 aliphatic rings. The van der Waals surface area contributed by atoms with Crippen LogP contribution in [0.3, 0.4) is 0 Å². The van der Waals surface area contributed by atoms with Gasteiger partial charge in [-0.3, -0.25) is 0 Å². The Morgan fingerprint density at radius 1 is 1.38 bits per heavy atom. The van der Waals surface area contributed by atoms with Crippen molar-refractivity contribution in [1.29, 1.82) is 0 Å². The van der Waals surface area contributed by atoms with Crippen LogP contribution in [0.15, 0.2) is 35.7 Å². The number of para-hydroxylation sites is 1. The number of rotatable bonds is 3. The molecule has 21 heavy (non-hydrogen) atoms. The maximum Gasteiger partial charge on any atom is 0.319 e. The van der Waals surface area contributed by atoms with Crippen molar-refractivity contribution in [2.24, 2.45) is 5.73 Å². The van der Waals surface area contributed by atoms with Crippen LogP contribution in [-0.2, 0) is 6.54 Å². The summed E-state index contributed by atoms with van der Waals surface area (Å²) in [6.45, 7) is 0.773. The standard InChI is InChI=1S/C15H14ClN3OS/c16-13-5-1-2-6-14(13)19-15(20)18-9-12-8-11(10-21-12)4-3-7-17/h1-2,5-6,8,10H,7,9,17H2,(H2,18,19,20). The van der Waals surface area contributed by atoms with E-state index in [1.807, 2.05) is 17.5 Å². The van der Waals surface area contributed by atoms with E-state index >= 15 is 0 Å². The summed E-state index contributed by atoms with van der Waals surface area (Å²) < 4.78 is 0. The van der Waals surface area contributed by atoms with Crippen LogP contribution in [0.1, 0.15) is 10.4 Å². The van der Waals surface area contributed by atoms with Crippen LogP contribution in [0.2, 0.25) is 5.02 Å². The molecule has 1 aromatic carbocycles. The Balaban J connectivity index is 1.87. The molecule has 6 heteroatoms. The second-order valence-electron chi connectivity index (χ2n) is 4.10. The Bertz CT molecular complexity index is 687. The zero-order valence-corrected chi connectivity index (χ0v) is 12.7. The Labute approximate surface area is 132 Å². The molecular formula is C15H14ClN3OS. The number of urea groups is 1. The van der Waals surface area contributed by atoms with Gasteiger partial charge in [0.15, 0.2) is 0 Å². The quantitative estimate of drug-likeness (QED) is 0.761. The maximum atomic E-state index is 11.8. The molecule has 1 aromatic heterocycles. The second-order valence-corrected chi connectivity index (χ2v) is 5.50. The number of carbonyl (C=O) groups excluding carboxylic acids is 1. The molecule has 2 rings (SSSR count). The first kappa shape index (κ1) is 15.4. The highest BCUT2D eigenvalue weighted by Crippen LogP contribution is 2.20. The lowest BCUT2D eigenvalue weighted by Crippen LogP contribution is -2.27. The van der Waals surface area contributed by atoms with Gasteiger partial charge in [0.05, 0.1) is 23.8 Å². The highest BCUT2D eigenvalue weighted by molar-refractivity contribution is 7.10. The predicted octanol–water partition coefficient (Wildman–Crippen LogP) is 3.03. The fourth-order valence-corrected chi connectivity index (χ4v) is 2.53. The molecule has 0 radical (unpaired) electrons. The van der Waals surface area contributed by atoms with Gasteiger partial charge in [0.2, 0.25) is 0 Å². The van der Waals surface area contributed by atoms with E-state index < -0.39 is 0 Å². The van der Waals surface area contributed by atoms with Gasteiger partial charge in [0, 0.05) is 15.8 Å². The average molecular weight is 320 g/mol. The fraction of sp³-hybridized carbons (Fsp3) is 0.133. The Kier molecular flexibility index (Phi) is 5.64. The summed E-state index contributed by atoms with van der Waals surface area (Å²) in [5.74, 6) is 5.74. The van der Waals surface area contributed by atoms with Crippen molar-refractivity contribution in [3.8, 4) is 11.8 Å². The molecule has 0 saturated heterocycles. The summed E-state index contributed by atoms with van der Waals surface area (Å²) in [6, 6.07) is 8.71. The lowest BCUT2D eigenvalue weighted by atomic mass is 10.3. The third kappa shape index (κ3) is 4.80. The van der Waals surface area contributed by atoms with Crippen molar-refractivity contribution < 1.29 is 4.79 Å². The molecule has 108 valence electrons. The minimum absolute atomic E-state index is 0.300. The van der Waals surface area contributed by atoms with Crippen molar-refractivity contribution in [2.75, 3.05) is 11.9 Å². The van der Waals surface area contributed by atoms with Gasteiger partial charge in [-0.15, -0.1) is 11.3 Å². The Morgan fingerprint density at radius 3 is 2.95 bits per heavy atom. The topological polar surface area (TPSA) is 67.1 Å². The zero-order valence-electron chi connectivity index (χ0n) is 11.2. The summed E-state index contributed by atoms with van der Waals surface area (Å²) in [4.78, 5) is 12.8. The molecule has 0 aliphatic carbocycles. The molecule has 0 spiro atoms. The largest absolute Gasteiger partial charge is 0.333 e. The van der Waals surface area contributed by atoms with Crippen LogP contribution in [0.5, 0.6) is 0 Å². The SMILES string of the molecule is NCC#Cc1csc(CNC(=O)Nc2ccccc2Cl)c1. The molecule has 0 saturated carbocycles. The lowest BCUT2D eigenvalue weighted by Gasteiger charge is -2.07. The van der Waals surface area contributed by atoms with E-state index in [0.29, 0.717) is 23.8 Å². The third-order valence-corrected chi connectivity index (χ3v) is 3.80. The molecule has 0 aliphatic heterocycles. The monoisotopic (exact) mass is 319 g/mol. The molecule has 0 unspecified atom stereocenters. The van der Waals surface area contributed by atoms with Gasteiger partial charge in [0.1, 0.15) is 0 Å². The van der Waals surface area contributed by atoms with Gasteiger partial charge in [-0.1, -0.05) is 35.6 Å². The van der Waals surface area contributed by atoms with E-state index in [1.54, 1.807) is 18.2 Å². The van der Waals surface area contributed by atoms with Crippen LogP contribution in [0, 0.1) is 11.8 Å². The number of carbonyl (C=O) groups is 1. The molecule has 0 atom stereocenters. The zero-order chi connectivity index (χ0) is 15.1. The van der Waals surface area contributed by atoms with Crippen LogP contribution in [0.4, 0.5) is 10.5 Å². The number of benzene rings is 1. The van der Waals surface area contributed by atoms with Crippen LogP contribution in [0.25, 0.3) is 0 Å². The van der Waals surface area contributed by atoms with Crippen LogP contribution in [-0.4, -0.2) is 12.6 Å². The lowest BCUT2D eigenvalue weighted by molar-refractivity contribution is 0.252. The number of hydrogen-bond donors (Lipinski definition) is 3. The van der Waals surface area contributed by atoms with Gasteiger partial charge < -0.3 is 16.4 Å². The van der Waals surface area contributed by atoms with Crippen molar-refractivity contribution in [3.05, 3.63) is 51.2 Å². The number of nitrogens with one attached hydrogen (secondary N) is 2. The number of nitrogens with two attached hydrogens (primary N) is 1. The van der Waals surface area contributed by atoms with Crippen LogP contribution >= 0.6 is 22.9 Å². The number of halogens is 1. The van der Waals surface area contributed by atoms with Crippen molar-refractivity contribution >= 4 is 34.7 Å². The Morgan fingerprint density at radius 2 is 2.19 bits per heavy atom. The summed E-state index contributed by atoms with van der Waals surface area (Å²) >= 11 is 7.51. The molecule has 0 fully saturated rings. The third-order valence-electron chi connectivity index (χ3n) is 2.53. The molecule has 4 N–H and O–H groups in total. The van der Waals surface area contributed by atoms with Crippen molar-refractivity contribution in [2.45, 2.75) is 6.54 Å². The maximum absolute atomic E-state index is 11.8. The number of anilines is 1. The normalized spacial score (nSPS) is 9.62. The van der Waals surface area contributed by atoms with E-state index in [4.69, 9.17) is 17.3 Å². The minimum Gasteiger partial charge on any atom is -0.333 e. The highest BCUT2D eigenvalue weighted by Gasteiger charge is 2.05. The van der Waals surface area contributed by atoms with Crippen molar-refractivity contribution in [3.63, 3.8) is 0 Å². The van der Waals surface area contributed by atoms with E-state index in [9.17, 15) is 4.79 Å².